The number of aliphatic hydroxyl groups excluding tert-OH is 1. The molecule has 3 atom stereocenters. The standard InChI is InChI=1S/C16H26N2O/c1-12-4-3-5-14(10-12)15(17)7-9-18-8-6-13(2)16(18)11-19/h3-5,10,13,15-16,19H,6-9,11,17H2,1-2H3. The zero-order valence-corrected chi connectivity index (χ0v) is 12.0. The molecule has 2 rings (SSSR count). The van der Waals surface area contributed by atoms with Gasteiger partial charge in [-0.2, -0.15) is 0 Å². The van der Waals surface area contributed by atoms with Crippen molar-refractivity contribution in [3.8, 4) is 0 Å². The molecule has 1 aliphatic heterocycles. The Morgan fingerprint density at radius 2 is 2.26 bits per heavy atom. The third-order valence-electron chi connectivity index (χ3n) is 4.38. The molecule has 0 aliphatic carbocycles. The van der Waals surface area contributed by atoms with Crippen LogP contribution in [0.1, 0.15) is 36.9 Å². The number of benzene rings is 1. The van der Waals surface area contributed by atoms with E-state index in [0.29, 0.717) is 12.0 Å². The predicted molar refractivity (Wildman–Crippen MR) is 79.0 cm³/mol. The van der Waals surface area contributed by atoms with Crippen LogP contribution >= 0.6 is 0 Å². The molecule has 1 heterocycles. The lowest BCUT2D eigenvalue weighted by Gasteiger charge is -2.26. The molecule has 0 saturated carbocycles. The maximum atomic E-state index is 9.45. The van der Waals surface area contributed by atoms with E-state index >= 15 is 0 Å². The fourth-order valence-corrected chi connectivity index (χ4v) is 3.03. The monoisotopic (exact) mass is 262 g/mol. The Morgan fingerprint density at radius 1 is 1.47 bits per heavy atom. The molecular weight excluding hydrogens is 236 g/mol. The summed E-state index contributed by atoms with van der Waals surface area (Å²) in [5.41, 5.74) is 8.75. The van der Waals surface area contributed by atoms with Crippen LogP contribution in [-0.2, 0) is 0 Å². The molecule has 3 unspecified atom stereocenters. The van der Waals surface area contributed by atoms with Gasteiger partial charge in [-0.1, -0.05) is 36.8 Å². The fourth-order valence-electron chi connectivity index (χ4n) is 3.03. The summed E-state index contributed by atoms with van der Waals surface area (Å²) in [4.78, 5) is 2.39. The first-order valence-electron chi connectivity index (χ1n) is 7.29. The molecule has 0 bridgehead atoms. The Balaban J connectivity index is 1.88. The molecule has 1 aromatic rings. The van der Waals surface area contributed by atoms with Gasteiger partial charge in [-0.25, -0.2) is 0 Å². The van der Waals surface area contributed by atoms with Crippen molar-refractivity contribution < 1.29 is 5.11 Å². The maximum Gasteiger partial charge on any atom is 0.0589 e. The molecule has 3 N–H and O–H groups in total. The molecule has 3 heteroatoms. The molecular formula is C16H26N2O. The quantitative estimate of drug-likeness (QED) is 0.854. The van der Waals surface area contributed by atoms with Crippen molar-refractivity contribution in [1.82, 2.24) is 4.90 Å². The molecule has 3 nitrogen and oxygen atoms in total. The molecule has 19 heavy (non-hydrogen) atoms. The lowest BCUT2D eigenvalue weighted by Crippen LogP contribution is -2.36. The molecule has 106 valence electrons. The zero-order chi connectivity index (χ0) is 13.8. The Labute approximate surface area is 116 Å². The maximum absolute atomic E-state index is 9.45. The summed E-state index contributed by atoms with van der Waals surface area (Å²) in [5, 5.41) is 9.45. The van der Waals surface area contributed by atoms with Crippen LogP contribution in [-0.4, -0.2) is 35.7 Å². The molecule has 0 amide bonds. The van der Waals surface area contributed by atoms with Gasteiger partial charge in [0.05, 0.1) is 6.61 Å². The Morgan fingerprint density at radius 3 is 2.95 bits per heavy atom. The molecule has 0 radical (unpaired) electrons. The van der Waals surface area contributed by atoms with Crippen LogP contribution in [0.5, 0.6) is 0 Å². The number of likely N-dealkylation sites (tertiary alicyclic amines) is 1. The van der Waals surface area contributed by atoms with Gasteiger partial charge in [0.15, 0.2) is 0 Å². The van der Waals surface area contributed by atoms with Crippen molar-refractivity contribution in [2.45, 2.75) is 38.8 Å². The Kier molecular flexibility index (Phi) is 4.97. The van der Waals surface area contributed by atoms with E-state index in [1.54, 1.807) is 0 Å². The van der Waals surface area contributed by atoms with E-state index in [1.807, 2.05) is 0 Å². The average Bonchev–Trinajstić information content (AvgIpc) is 2.76. The summed E-state index contributed by atoms with van der Waals surface area (Å²) in [6, 6.07) is 8.85. The SMILES string of the molecule is Cc1cccc(C(N)CCN2CCC(C)C2CO)c1. The number of hydrogen-bond acceptors (Lipinski definition) is 3. The largest absolute Gasteiger partial charge is 0.395 e. The second-order valence-corrected chi connectivity index (χ2v) is 5.86. The number of hydrogen-bond donors (Lipinski definition) is 2. The van der Waals surface area contributed by atoms with E-state index < -0.39 is 0 Å². The third kappa shape index (κ3) is 3.56. The molecule has 1 aromatic carbocycles. The minimum atomic E-state index is 0.0927. The highest BCUT2D eigenvalue weighted by atomic mass is 16.3. The van der Waals surface area contributed by atoms with Gasteiger partial charge in [0.2, 0.25) is 0 Å². The third-order valence-corrected chi connectivity index (χ3v) is 4.38. The van der Waals surface area contributed by atoms with Crippen molar-refractivity contribution >= 4 is 0 Å². The van der Waals surface area contributed by atoms with E-state index in [9.17, 15) is 5.11 Å². The van der Waals surface area contributed by atoms with Gasteiger partial charge in [0, 0.05) is 18.6 Å². The van der Waals surface area contributed by atoms with Crippen molar-refractivity contribution in [2.24, 2.45) is 11.7 Å². The minimum Gasteiger partial charge on any atom is -0.395 e. The summed E-state index contributed by atoms with van der Waals surface area (Å²) in [6.45, 7) is 6.65. The van der Waals surface area contributed by atoms with Crippen LogP contribution in [0.15, 0.2) is 24.3 Å². The number of rotatable bonds is 5. The first-order valence-corrected chi connectivity index (χ1v) is 7.29. The summed E-state index contributed by atoms with van der Waals surface area (Å²) < 4.78 is 0. The van der Waals surface area contributed by atoms with Crippen molar-refractivity contribution in [1.29, 1.82) is 0 Å². The highest BCUT2D eigenvalue weighted by Gasteiger charge is 2.30. The number of aliphatic hydroxyl groups is 1. The van der Waals surface area contributed by atoms with Crippen molar-refractivity contribution in [3.63, 3.8) is 0 Å². The van der Waals surface area contributed by atoms with Crippen LogP contribution < -0.4 is 5.73 Å². The summed E-state index contributed by atoms with van der Waals surface area (Å²) in [5.74, 6) is 0.597. The summed E-state index contributed by atoms with van der Waals surface area (Å²) >= 11 is 0. The Bertz CT molecular complexity index is 407. The average molecular weight is 262 g/mol. The summed E-state index contributed by atoms with van der Waals surface area (Å²) in [7, 11) is 0. The Hall–Kier alpha value is -0.900. The van der Waals surface area contributed by atoms with Gasteiger partial charge < -0.3 is 10.8 Å². The first kappa shape index (κ1) is 14.5. The van der Waals surface area contributed by atoms with E-state index in [4.69, 9.17) is 5.73 Å². The van der Waals surface area contributed by atoms with Gasteiger partial charge in [-0.3, -0.25) is 4.90 Å². The molecule has 0 aromatic heterocycles. The second kappa shape index (κ2) is 6.51. The zero-order valence-electron chi connectivity index (χ0n) is 12.0. The van der Waals surface area contributed by atoms with Crippen LogP contribution in [0.25, 0.3) is 0 Å². The van der Waals surface area contributed by atoms with Gasteiger partial charge >= 0.3 is 0 Å². The van der Waals surface area contributed by atoms with E-state index in [2.05, 4.69) is 43.0 Å². The van der Waals surface area contributed by atoms with Crippen LogP contribution in [0.2, 0.25) is 0 Å². The normalized spacial score (nSPS) is 25.7. The van der Waals surface area contributed by atoms with Crippen molar-refractivity contribution in [3.05, 3.63) is 35.4 Å². The van der Waals surface area contributed by atoms with E-state index in [-0.39, 0.29) is 12.6 Å². The van der Waals surface area contributed by atoms with Crippen molar-refractivity contribution in [2.75, 3.05) is 19.7 Å². The van der Waals surface area contributed by atoms with Crippen LogP contribution in [0.4, 0.5) is 0 Å². The van der Waals surface area contributed by atoms with E-state index in [0.717, 1.165) is 19.5 Å². The van der Waals surface area contributed by atoms with Crippen LogP contribution in [0, 0.1) is 12.8 Å². The highest BCUT2D eigenvalue weighted by molar-refractivity contribution is 5.24. The number of aryl methyl sites for hydroxylation is 1. The predicted octanol–water partition coefficient (Wildman–Crippen LogP) is 2.09. The second-order valence-electron chi connectivity index (χ2n) is 5.86. The number of nitrogens with two attached hydrogens (primary N) is 1. The van der Waals surface area contributed by atoms with Gasteiger partial charge in [0.1, 0.15) is 0 Å². The lowest BCUT2D eigenvalue weighted by molar-refractivity contribution is 0.136. The molecule has 1 fully saturated rings. The smallest absolute Gasteiger partial charge is 0.0589 e. The van der Waals surface area contributed by atoms with Gasteiger partial charge in [-0.05, 0) is 37.8 Å². The highest BCUT2D eigenvalue weighted by Crippen LogP contribution is 2.25. The van der Waals surface area contributed by atoms with Gasteiger partial charge in [0.25, 0.3) is 0 Å². The van der Waals surface area contributed by atoms with Gasteiger partial charge in [-0.15, -0.1) is 0 Å². The van der Waals surface area contributed by atoms with E-state index in [1.165, 1.54) is 17.5 Å². The molecule has 0 spiro atoms. The minimum absolute atomic E-state index is 0.0927. The first-order chi connectivity index (χ1) is 9.11. The lowest BCUT2D eigenvalue weighted by atomic mass is 10.0. The molecule has 1 saturated heterocycles. The fraction of sp³-hybridized carbons (Fsp3) is 0.625. The number of nitrogens with zero attached hydrogens (tertiary/aromatic N) is 1. The topological polar surface area (TPSA) is 49.5 Å². The molecule has 1 aliphatic rings. The van der Waals surface area contributed by atoms with Crippen LogP contribution in [0.3, 0.4) is 0 Å². The summed E-state index contributed by atoms with van der Waals surface area (Å²) in [6.07, 6.45) is 2.14.